The average molecular weight is 324 g/mol. The maximum Gasteiger partial charge on any atom is 0.163 e. The molecule has 0 fully saturated rings. The number of carbonyl (C=O) groups is 1. The molecule has 0 spiro atoms. The summed E-state index contributed by atoms with van der Waals surface area (Å²) >= 11 is 6.15. The van der Waals surface area contributed by atoms with Gasteiger partial charge in [-0.3, -0.25) is 4.79 Å². The van der Waals surface area contributed by atoms with Crippen molar-refractivity contribution in [3.8, 4) is 0 Å². The standard InChI is InChI=1S/C20H18ClNO/c1-2-15-12-17-13-16(9-10-18(17)22-20(15)21)19(23)11-8-14-6-4-3-5-7-14/h3-7,9-10,12-13H,2,8,11H2,1H3. The minimum Gasteiger partial charge on any atom is -0.294 e. The van der Waals surface area contributed by atoms with Crippen molar-refractivity contribution >= 4 is 28.3 Å². The summed E-state index contributed by atoms with van der Waals surface area (Å²) in [7, 11) is 0. The van der Waals surface area contributed by atoms with E-state index in [0.717, 1.165) is 34.9 Å². The molecule has 2 aromatic carbocycles. The third-order valence-corrected chi connectivity index (χ3v) is 4.35. The molecule has 3 rings (SSSR count). The van der Waals surface area contributed by atoms with E-state index in [9.17, 15) is 4.79 Å². The van der Waals surface area contributed by atoms with E-state index < -0.39 is 0 Å². The first-order valence-corrected chi connectivity index (χ1v) is 8.21. The highest BCUT2D eigenvalue weighted by Gasteiger charge is 2.09. The first kappa shape index (κ1) is 15.7. The lowest BCUT2D eigenvalue weighted by molar-refractivity contribution is 0.0983. The van der Waals surface area contributed by atoms with Crippen LogP contribution >= 0.6 is 11.6 Å². The fraction of sp³-hybridized carbons (Fsp3) is 0.200. The first-order chi connectivity index (χ1) is 11.2. The van der Waals surface area contributed by atoms with Gasteiger partial charge in [-0.15, -0.1) is 0 Å². The molecule has 0 N–H and O–H groups in total. The second-order valence-corrected chi connectivity index (χ2v) is 5.97. The van der Waals surface area contributed by atoms with E-state index in [1.807, 2.05) is 61.5 Å². The molecule has 0 aliphatic rings. The van der Waals surface area contributed by atoms with Crippen LogP contribution in [0.5, 0.6) is 0 Å². The summed E-state index contributed by atoms with van der Waals surface area (Å²) in [5.41, 5.74) is 3.75. The van der Waals surface area contributed by atoms with Gasteiger partial charge in [-0.1, -0.05) is 48.9 Å². The predicted octanol–water partition coefficient (Wildman–Crippen LogP) is 5.27. The Balaban J connectivity index is 1.82. The number of Topliss-reactive ketones (excluding diaryl/α,β-unsaturated/α-hetero) is 1. The molecule has 0 saturated heterocycles. The third kappa shape index (κ3) is 3.59. The lowest BCUT2D eigenvalue weighted by Gasteiger charge is -2.06. The van der Waals surface area contributed by atoms with Crippen LogP contribution in [0.3, 0.4) is 0 Å². The Kier molecular flexibility index (Phi) is 4.73. The monoisotopic (exact) mass is 323 g/mol. The smallest absolute Gasteiger partial charge is 0.163 e. The molecule has 0 saturated carbocycles. The molecule has 1 heterocycles. The number of benzene rings is 2. The van der Waals surface area contributed by atoms with Crippen LogP contribution < -0.4 is 0 Å². The lowest BCUT2D eigenvalue weighted by Crippen LogP contribution is -2.01. The van der Waals surface area contributed by atoms with Gasteiger partial charge in [-0.2, -0.15) is 0 Å². The summed E-state index contributed by atoms with van der Waals surface area (Å²) in [6, 6.07) is 17.7. The van der Waals surface area contributed by atoms with Crippen LogP contribution in [0, 0.1) is 0 Å². The van der Waals surface area contributed by atoms with E-state index in [4.69, 9.17) is 11.6 Å². The van der Waals surface area contributed by atoms with Crippen LogP contribution in [-0.4, -0.2) is 10.8 Å². The summed E-state index contributed by atoms with van der Waals surface area (Å²) in [6.45, 7) is 2.05. The van der Waals surface area contributed by atoms with Crippen molar-refractivity contribution in [2.45, 2.75) is 26.2 Å². The second-order valence-electron chi connectivity index (χ2n) is 5.61. The van der Waals surface area contributed by atoms with Gasteiger partial charge in [0.1, 0.15) is 5.15 Å². The van der Waals surface area contributed by atoms with Gasteiger partial charge in [0.2, 0.25) is 0 Å². The van der Waals surface area contributed by atoms with Crippen LogP contribution in [0.15, 0.2) is 54.6 Å². The molecule has 0 aliphatic heterocycles. The van der Waals surface area contributed by atoms with Gasteiger partial charge in [0.15, 0.2) is 5.78 Å². The third-order valence-electron chi connectivity index (χ3n) is 4.03. The molecule has 0 bridgehead atoms. The van der Waals surface area contributed by atoms with Gasteiger partial charge < -0.3 is 0 Å². The molecule has 1 aromatic heterocycles. The van der Waals surface area contributed by atoms with Crippen molar-refractivity contribution in [2.24, 2.45) is 0 Å². The fourth-order valence-corrected chi connectivity index (χ4v) is 2.94. The zero-order chi connectivity index (χ0) is 16.2. The van der Waals surface area contributed by atoms with E-state index in [-0.39, 0.29) is 5.78 Å². The maximum atomic E-state index is 12.4. The van der Waals surface area contributed by atoms with E-state index in [2.05, 4.69) is 4.98 Å². The molecule has 3 aromatic rings. The van der Waals surface area contributed by atoms with Gasteiger partial charge >= 0.3 is 0 Å². The Hall–Kier alpha value is -2.19. The summed E-state index contributed by atoms with van der Waals surface area (Å²) < 4.78 is 0. The number of hydrogen-bond acceptors (Lipinski definition) is 2. The van der Waals surface area contributed by atoms with Crippen molar-refractivity contribution < 1.29 is 4.79 Å². The van der Waals surface area contributed by atoms with E-state index in [1.54, 1.807) is 0 Å². The number of ketones is 1. The minimum atomic E-state index is 0.156. The second kappa shape index (κ2) is 6.93. The van der Waals surface area contributed by atoms with Crippen LogP contribution in [-0.2, 0) is 12.8 Å². The van der Waals surface area contributed by atoms with Gasteiger partial charge in [0.25, 0.3) is 0 Å². The average Bonchev–Trinajstić information content (AvgIpc) is 2.59. The summed E-state index contributed by atoms with van der Waals surface area (Å²) in [5.74, 6) is 0.156. The number of nitrogens with zero attached hydrogens (tertiary/aromatic N) is 1. The molecule has 0 unspecified atom stereocenters. The highest BCUT2D eigenvalue weighted by Crippen LogP contribution is 2.22. The Morgan fingerprint density at radius 2 is 1.87 bits per heavy atom. The van der Waals surface area contributed by atoms with Gasteiger partial charge in [-0.25, -0.2) is 4.98 Å². The quantitative estimate of drug-likeness (QED) is 0.473. The largest absolute Gasteiger partial charge is 0.294 e. The number of pyridine rings is 1. The van der Waals surface area contributed by atoms with Crippen molar-refractivity contribution in [2.75, 3.05) is 0 Å². The van der Waals surface area contributed by atoms with Crippen molar-refractivity contribution in [3.63, 3.8) is 0 Å². The molecule has 0 radical (unpaired) electrons. The van der Waals surface area contributed by atoms with Crippen LogP contribution in [0.4, 0.5) is 0 Å². The molecule has 0 atom stereocenters. The molecular weight excluding hydrogens is 306 g/mol. The van der Waals surface area contributed by atoms with Crippen molar-refractivity contribution in [1.82, 2.24) is 4.98 Å². The summed E-state index contributed by atoms with van der Waals surface area (Å²) in [5, 5.41) is 1.51. The van der Waals surface area contributed by atoms with E-state index >= 15 is 0 Å². The van der Waals surface area contributed by atoms with E-state index in [0.29, 0.717) is 11.6 Å². The number of hydrogen-bond donors (Lipinski definition) is 0. The normalized spacial score (nSPS) is 10.9. The van der Waals surface area contributed by atoms with Crippen LogP contribution in [0.1, 0.15) is 34.8 Å². The maximum absolute atomic E-state index is 12.4. The topological polar surface area (TPSA) is 30.0 Å². The zero-order valence-corrected chi connectivity index (χ0v) is 13.8. The van der Waals surface area contributed by atoms with Crippen LogP contribution in [0.2, 0.25) is 5.15 Å². The summed E-state index contributed by atoms with van der Waals surface area (Å²) in [6.07, 6.45) is 2.10. The lowest BCUT2D eigenvalue weighted by atomic mass is 10.0. The molecule has 23 heavy (non-hydrogen) atoms. The molecule has 2 nitrogen and oxygen atoms in total. The number of aryl methyl sites for hydroxylation is 2. The Morgan fingerprint density at radius 1 is 1.09 bits per heavy atom. The van der Waals surface area contributed by atoms with Gasteiger partial charge in [0.05, 0.1) is 5.52 Å². The highest BCUT2D eigenvalue weighted by molar-refractivity contribution is 6.30. The number of carbonyl (C=O) groups excluding carboxylic acids is 1. The van der Waals surface area contributed by atoms with Crippen molar-refractivity contribution in [1.29, 1.82) is 0 Å². The zero-order valence-electron chi connectivity index (χ0n) is 13.1. The van der Waals surface area contributed by atoms with Gasteiger partial charge in [-0.05, 0) is 48.2 Å². The van der Waals surface area contributed by atoms with Crippen LogP contribution in [0.25, 0.3) is 10.9 Å². The number of rotatable bonds is 5. The van der Waals surface area contributed by atoms with Crippen molar-refractivity contribution in [3.05, 3.63) is 76.4 Å². The first-order valence-electron chi connectivity index (χ1n) is 7.83. The molecule has 0 amide bonds. The van der Waals surface area contributed by atoms with E-state index in [1.165, 1.54) is 5.56 Å². The highest BCUT2D eigenvalue weighted by atomic mass is 35.5. The summed E-state index contributed by atoms with van der Waals surface area (Å²) in [4.78, 5) is 16.8. The molecule has 116 valence electrons. The van der Waals surface area contributed by atoms with Gasteiger partial charge in [0, 0.05) is 17.4 Å². The Labute approximate surface area is 141 Å². The number of halogens is 1. The molecule has 3 heteroatoms. The Morgan fingerprint density at radius 3 is 2.61 bits per heavy atom. The molecular formula is C20H18ClNO. The minimum absolute atomic E-state index is 0.156. The Bertz CT molecular complexity index is 843. The number of fused-ring (bicyclic) bond motifs is 1. The molecule has 0 aliphatic carbocycles. The fourth-order valence-electron chi connectivity index (χ4n) is 2.67. The number of aromatic nitrogens is 1. The predicted molar refractivity (Wildman–Crippen MR) is 95.2 cm³/mol. The SMILES string of the molecule is CCc1cc2cc(C(=O)CCc3ccccc3)ccc2nc1Cl.